The summed E-state index contributed by atoms with van der Waals surface area (Å²) in [4.78, 5) is 0. The molecule has 2 unspecified atom stereocenters. The maximum absolute atomic E-state index is 14.1. The maximum atomic E-state index is 14.1. The summed E-state index contributed by atoms with van der Waals surface area (Å²) in [5.41, 5.74) is 9.39. The smallest absolute Gasteiger partial charge is 0.127 e. The predicted molar refractivity (Wildman–Crippen MR) is 87.8 cm³/mol. The van der Waals surface area contributed by atoms with Crippen molar-refractivity contribution in [2.24, 2.45) is 5.73 Å². The second-order valence-corrected chi connectivity index (χ2v) is 7.01. The van der Waals surface area contributed by atoms with Crippen LogP contribution in [0.5, 0.6) is 0 Å². The maximum Gasteiger partial charge on any atom is 0.127 e. The van der Waals surface area contributed by atoms with E-state index in [0.29, 0.717) is 17.9 Å². The summed E-state index contributed by atoms with van der Waals surface area (Å²) in [6, 6.07) is 13.5. The molecule has 2 aromatic carbocycles. The Hall–Kier alpha value is -1.19. The topological polar surface area (TPSA) is 26.0 Å². The Labute approximate surface area is 133 Å². The van der Waals surface area contributed by atoms with Gasteiger partial charge in [-0.25, -0.2) is 4.39 Å². The van der Waals surface area contributed by atoms with Gasteiger partial charge in [-0.3, -0.25) is 0 Å². The molecule has 3 heteroatoms. The Morgan fingerprint density at radius 3 is 2.81 bits per heavy atom. The van der Waals surface area contributed by atoms with Crippen LogP contribution in [0.4, 0.5) is 4.39 Å². The van der Waals surface area contributed by atoms with Crippen molar-refractivity contribution < 1.29 is 4.39 Å². The molecular formula is C18H19BrFN. The zero-order valence-corrected chi connectivity index (χ0v) is 13.7. The van der Waals surface area contributed by atoms with Gasteiger partial charge in [-0.15, -0.1) is 0 Å². The first-order valence-corrected chi connectivity index (χ1v) is 8.11. The normalized spacial score (nSPS) is 24.7. The van der Waals surface area contributed by atoms with E-state index < -0.39 is 5.54 Å². The molecule has 0 saturated heterocycles. The van der Waals surface area contributed by atoms with Crippen LogP contribution in [0.15, 0.2) is 46.9 Å². The quantitative estimate of drug-likeness (QED) is 0.822. The van der Waals surface area contributed by atoms with E-state index in [1.807, 2.05) is 18.2 Å². The summed E-state index contributed by atoms with van der Waals surface area (Å²) in [6.45, 7) is 2.23. The van der Waals surface area contributed by atoms with Crippen LogP contribution in [0.3, 0.4) is 0 Å². The number of nitrogens with two attached hydrogens (primary N) is 1. The Kier molecular flexibility index (Phi) is 3.89. The molecule has 1 aliphatic carbocycles. The molecule has 0 aliphatic heterocycles. The highest BCUT2D eigenvalue weighted by Crippen LogP contribution is 2.41. The minimum Gasteiger partial charge on any atom is -0.321 e. The van der Waals surface area contributed by atoms with E-state index in [9.17, 15) is 4.39 Å². The largest absolute Gasteiger partial charge is 0.321 e. The third-order valence-electron chi connectivity index (χ3n) is 4.57. The van der Waals surface area contributed by atoms with Gasteiger partial charge in [-0.1, -0.05) is 53.2 Å². The Morgan fingerprint density at radius 1 is 1.29 bits per heavy atom. The molecule has 2 N–H and O–H groups in total. The lowest BCUT2D eigenvalue weighted by Crippen LogP contribution is -2.42. The third-order valence-corrected chi connectivity index (χ3v) is 5.07. The van der Waals surface area contributed by atoms with E-state index in [-0.39, 0.29) is 5.82 Å². The minimum absolute atomic E-state index is 0.190. The summed E-state index contributed by atoms with van der Waals surface area (Å²) < 4.78 is 14.9. The molecule has 0 heterocycles. The van der Waals surface area contributed by atoms with Crippen LogP contribution in [0.25, 0.3) is 0 Å². The first-order chi connectivity index (χ1) is 9.99. The van der Waals surface area contributed by atoms with Crippen molar-refractivity contribution in [3.63, 3.8) is 0 Å². The second kappa shape index (κ2) is 5.54. The zero-order valence-electron chi connectivity index (χ0n) is 12.1. The first-order valence-electron chi connectivity index (χ1n) is 7.32. The van der Waals surface area contributed by atoms with Gasteiger partial charge in [0.05, 0.1) is 0 Å². The van der Waals surface area contributed by atoms with Gasteiger partial charge in [-0.05, 0) is 54.0 Å². The summed E-state index contributed by atoms with van der Waals surface area (Å²) in [7, 11) is 0. The number of hydrogen-bond acceptors (Lipinski definition) is 1. The van der Waals surface area contributed by atoms with Gasteiger partial charge < -0.3 is 5.73 Å². The van der Waals surface area contributed by atoms with Crippen molar-refractivity contribution in [3.05, 3.63) is 69.4 Å². The van der Waals surface area contributed by atoms with E-state index in [1.54, 1.807) is 0 Å². The number of halogens is 2. The van der Waals surface area contributed by atoms with Crippen molar-refractivity contribution in [1.29, 1.82) is 0 Å². The molecule has 3 rings (SSSR count). The fraction of sp³-hybridized carbons (Fsp3) is 0.333. The van der Waals surface area contributed by atoms with Gasteiger partial charge in [0, 0.05) is 10.0 Å². The molecule has 0 spiro atoms. The molecular weight excluding hydrogens is 329 g/mol. The lowest BCUT2D eigenvalue weighted by atomic mass is 9.70. The molecule has 2 aromatic rings. The zero-order chi connectivity index (χ0) is 15.0. The van der Waals surface area contributed by atoms with E-state index in [4.69, 9.17) is 5.73 Å². The monoisotopic (exact) mass is 347 g/mol. The number of hydrogen-bond donors (Lipinski definition) is 1. The molecule has 0 bridgehead atoms. The van der Waals surface area contributed by atoms with E-state index >= 15 is 0 Å². The van der Waals surface area contributed by atoms with Gasteiger partial charge >= 0.3 is 0 Å². The molecule has 1 nitrogen and oxygen atoms in total. The third kappa shape index (κ3) is 2.77. The Bertz CT molecular complexity index is 670. The highest BCUT2D eigenvalue weighted by molar-refractivity contribution is 9.10. The van der Waals surface area contributed by atoms with Crippen LogP contribution in [-0.4, -0.2) is 0 Å². The summed E-state index contributed by atoms with van der Waals surface area (Å²) in [5, 5.41) is 0. The van der Waals surface area contributed by atoms with Crippen molar-refractivity contribution in [1.82, 2.24) is 0 Å². The van der Waals surface area contributed by atoms with Crippen LogP contribution in [0.2, 0.25) is 0 Å². The molecule has 2 atom stereocenters. The molecule has 0 amide bonds. The van der Waals surface area contributed by atoms with Crippen LogP contribution in [0, 0.1) is 5.82 Å². The molecule has 0 saturated carbocycles. The summed E-state index contributed by atoms with van der Waals surface area (Å²) >= 11 is 3.30. The fourth-order valence-electron chi connectivity index (χ4n) is 3.33. The van der Waals surface area contributed by atoms with Crippen LogP contribution >= 0.6 is 15.9 Å². The highest BCUT2D eigenvalue weighted by Gasteiger charge is 2.35. The van der Waals surface area contributed by atoms with Crippen molar-refractivity contribution >= 4 is 15.9 Å². The SMILES string of the molecule is CC1CCC(N)(Cc2ccc(Br)cc2F)c2ccccc21. The highest BCUT2D eigenvalue weighted by atomic mass is 79.9. The number of benzene rings is 2. The molecule has 0 aromatic heterocycles. The van der Waals surface area contributed by atoms with E-state index in [0.717, 1.165) is 17.3 Å². The van der Waals surface area contributed by atoms with E-state index in [1.165, 1.54) is 17.2 Å². The van der Waals surface area contributed by atoms with Crippen LogP contribution in [-0.2, 0) is 12.0 Å². The van der Waals surface area contributed by atoms with Crippen molar-refractivity contribution in [2.75, 3.05) is 0 Å². The summed E-state index contributed by atoms with van der Waals surface area (Å²) in [5.74, 6) is 0.331. The van der Waals surface area contributed by atoms with Gasteiger partial charge in [-0.2, -0.15) is 0 Å². The Morgan fingerprint density at radius 2 is 2.05 bits per heavy atom. The lowest BCUT2D eigenvalue weighted by Gasteiger charge is -2.38. The Balaban J connectivity index is 2.00. The van der Waals surface area contributed by atoms with Gasteiger partial charge in [0.25, 0.3) is 0 Å². The standard InChI is InChI=1S/C18H19BrFN/c1-12-8-9-18(21,16-5-3-2-4-15(12)16)11-13-6-7-14(19)10-17(13)20/h2-7,10,12H,8-9,11,21H2,1H3. The van der Waals surface area contributed by atoms with Crippen molar-refractivity contribution in [3.8, 4) is 0 Å². The average Bonchev–Trinajstić information content (AvgIpc) is 2.47. The second-order valence-electron chi connectivity index (χ2n) is 6.10. The molecule has 21 heavy (non-hydrogen) atoms. The van der Waals surface area contributed by atoms with Crippen LogP contribution < -0.4 is 5.73 Å². The number of fused-ring (bicyclic) bond motifs is 1. The van der Waals surface area contributed by atoms with E-state index in [2.05, 4.69) is 41.1 Å². The average molecular weight is 348 g/mol. The lowest BCUT2D eigenvalue weighted by molar-refractivity contribution is 0.344. The molecule has 1 aliphatic rings. The van der Waals surface area contributed by atoms with Gasteiger partial charge in [0.15, 0.2) is 0 Å². The molecule has 0 radical (unpaired) electrons. The fourth-order valence-corrected chi connectivity index (χ4v) is 3.67. The molecule has 0 fully saturated rings. The molecule has 110 valence electrons. The minimum atomic E-state index is -0.474. The summed E-state index contributed by atoms with van der Waals surface area (Å²) in [6.07, 6.45) is 2.47. The number of rotatable bonds is 2. The van der Waals surface area contributed by atoms with Gasteiger partial charge in [0.1, 0.15) is 5.82 Å². The first kappa shape index (κ1) is 14.7. The predicted octanol–water partition coefficient (Wildman–Crippen LogP) is 4.88. The van der Waals surface area contributed by atoms with Crippen LogP contribution in [0.1, 0.15) is 42.4 Å². The van der Waals surface area contributed by atoms with Gasteiger partial charge in [0.2, 0.25) is 0 Å². The van der Waals surface area contributed by atoms with Crippen molar-refractivity contribution in [2.45, 2.75) is 37.6 Å².